The first-order valence-electron chi connectivity index (χ1n) is 5.01. The van der Waals surface area contributed by atoms with Crippen molar-refractivity contribution in [3.05, 3.63) is 45.1 Å². The van der Waals surface area contributed by atoms with Gasteiger partial charge in [0.2, 0.25) is 0 Å². The predicted molar refractivity (Wildman–Crippen MR) is 68.1 cm³/mol. The van der Waals surface area contributed by atoms with Crippen molar-refractivity contribution in [3.8, 4) is 0 Å². The fraction of sp³-hybridized carbons (Fsp3) is 0.333. The summed E-state index contributed by atoms with van der Waals surface area (Å²) < 4.78 is 5.68. The minimum absolute atomic E-state index is 0.417. The van der Waals surface area contributed by atoms with Crippen molar-refractivity contribution in [1.82, 2.24) is 0 Å². The van der Waals surface area contributed by atoms with E-state index >= 15 is 0 Å². The Bertz CT molecular complexity index is 442. The second-order valence-corrected chi connectivity index (χ2v) is 5.20. The van der Waals surface area contributed by atoms with Gasteiger partial charge in [0.1, 0.15) is 5.60 Å². The average Bonchev–Trinajstić information content (AvgIpc) is 2.21. The van der Waals surface area contributed by atoms with Crippen LogP contribution in [0, 0.1) is 0 Å². The molecule has 2 rings (SSSR count). The maximum Gasteiger partial charge on any atom is 0.183 e. The highest BCUT2D eigenvalue weighted by Crippen LogP contribution is 2.39. The standard InChI is InChI=1S/C12H11Cl3O/c1-12(6-2-3-11(15)16-12)8-4-5-9(13)10(14)7-8/h3-5,7H,2,6H2,1H3. The van der Waals surface area contributed by atoms with Crippen molar-refractivity contribution in [3.63, 3.8) is 0 Å². The summed E-state index contributed by atoms with van der Waals surface area (Å²) in [6.45, 7) is 2.00. The van der Waals surface area contributed by atoms with E-state index in [0.29, 0.717) is 15.3 Å². The van der Waals surface area contributed by atoms with Crippen molar-refractivity contribution < 1.29 is 4.74 Å². The molecule has 0 bridgehead atoms. The molecular weight excluding hydrogens is 266 g/mol. The third kappa shape index (κ3) is 2.32. The molecule has 1 aliphatic rings. The van der Waals surface area contributed by atoms with Crippen molar-refractivity contribution in [2.75, 3.05) is 0 Å². The maximum absolute atomic E-state index is 6.00. The molecule has 86 valence electrons. The highest BCUT2D eigenvalue weighted by molar-refractivity contribution is 6.42. The van der Waals surface area contributed by atoms with Crippen LogP contribution in [-0.4, -0.2) is 0 Å². The van der Waals surface area contributed by atoms with Gasteiger partial charge in [-0.05, 0) is 55.1 Å². The van der Waals surface area contributed by atoms with E-state index in [4.69, 9.17) is 39.5 Å². The van der Waals surface area contributed by atoms with Crippen LogP contribution in [0.4, 0.5) is 0 Å². The van der Waals surface area contributed by atoms with Crippen LogP contribution >= 0.6 is 34.8 Å². The van der Waals surface area contributed by atoms with Gasteiger partial charge in [-0.25, -0.2) is 0 Å². The Morgan fingerprint density at radius 3 is 2.56 bits per heavy atom. The van der Waals surface area contributed by atoms with Crippen molar-refractivity contribution in [2.45, 2.75) is 25.4 Å². The number of halogens is 3. The number of hydrogen-bond acceptors (Lipinski definition) is 1. The second kappa shape index (κ2) is 4.48. The smallest absolute Gasteiger partial charge is 0.183 e. The van der Waals surface area contributed by atoms with E-state index in [9.17, 15) is 0 Å². The molecule has 0 amide bonds. The molecule has 0 N–H and O–H groups in total. The van der Waals surface area contributed by atoms with E-state index in [1.807, 2.05) is 25.1 Å². The number of allylic oxidation sites excluding steroid dienone is 1. The molecule has 1 nitrogen and oxygen atoms in total. The first-order chi connectivity index (χ1) is 7.51. The van der Waals surface area contributed by atoms with Gasteiger partial charge in [-0.2, -0.15) is 0 Å². The molecule has 1 aliphatic heterocycles. The molecular formula is C12H11Cl3O. The van der Waals surface area contributed by atoms with Gasteiger partial charge in [0, 0.05) is 0 Å². The predicted octanol–water partition coefficient (Wildman–Crippen LogP) is 5.10. The van der Waals surface area contributed by atoms with Crippen LogP contribution in [-0.2, 0) is 10.3 Å². The molecule has 1 unspecified atom stereocenters. The van der Waals surface area contributed by atoms with Crippen molar-refractivity contribution in [1.29, 1.82) is 0 Å². The molecule has 4 heteroatoms. The monoisotopic (exact) mass is 276 g/mol. The van der Waals surface area contributed by atoms with Crippen LogP contribution in [0.2, 0.25) is 10.0 Å². The van der Waals surface area contributed by atoms with E-state index in [2.05, 4.69) is 0 Å². The van der Waals surface area contributed by atoms with Gasteiger partial charge in [-0.3, -0.25) is 0 Å². The van der Waals surface area contributed by atoms with E-state index in [1.54, 1.807) is 6.07 Å². The number of rotatable bonds is 1. The van der Waals surface area contributed by atoms with Crippen LogP contribution in [0.3, 0.4) is 0 Å². The molecule has 0 aromatic heterocycles. The Labute approximate surface area is 110 Å². The molecule has 0 aliphatic carbocycles. The van der Waals surface area contributed by atoms with Gasteiger partial charge in [0.05, 0.1) is 10.0 Å². The first kappa shape index (κ1) is 12.1. The minimum atomic E-state index is -0.417. The fourth-order valence-electron chi connectivity index (χ4n) is 1.80. The fourth-order valence-corrected chi connectivity index (χ4v) is 2.37. The summed E-state index contributed by atoms with van der Waals surface area (Å²) in [6.07, 6.45) is 3.65. The van der Waals surface area contributed by atoms with Gasteiger partial charge in [-0.1, -0.05) is 29.3 Å². The van der Waals surface area contributed by atoms with Crippen LogP contribution in [0.15, 0.2) is 29.5 Å². The summed E-state index contributed by atoms with van der Waals surface area (Å²) in [5.74, 6) is 0. The lowest BCUT2D eigenvalue weighted by Gasteiger charge is -2.33. The zero-order valence-corrected chi connectivity index (χ0v) is 11.0. The van der Waals surface area contributed by atoms with Crippen LogP contribution in [0.1, 0.15) is 25.3 Å². The van der Waals surface area contributed by atoms with Crippen LogP contribution in [0.25, 0.3) is 0 Å². The van der Waals surface area contributed by atoms with Gasteiger partial charge in [0.25, 0.3) is 0 Å². The molecule has 0 saturated carbocycles. The van der Waals surface area contributed by atoms with Crippen molar-refractivity contribution >= 4 is 34.8 Å². The molecule has 1 heterocycles. The van der Waals surface area contributed by atoms with E-state index in [-0.39, 0.29) is 0 Å². The van der Waals surface area contributed by atoms with E-state index in [0.717, 1.165) is 18.4 Å². The third-order valence-electron chi connectivity index (χ3n) is 2.78. The molecule has 0 saturated heterocycles. The molecule has 0 fully saturated rings. The summed E-state index contributed by atoms with van der Waals surface area (Å²) in [5.41, 5.74) is 0.577. The zero-order valence-electron chi connectivity index (χ0n) is 8.77. The SMILES string of the molecule is CC1(c2ccc(Cl)c(Cl)c2)CCC=C(Cl)O1. The third-order valence-corrected chi connectivity index (χ3v) is 3.75. The molecule has 0 spiro atoms. The Balaban J connectivity index is 2.36. The molecule has 16 heavy (non-hydrogen) atoms. The number of hydrogen-bond donors (Lipinski definition) is 0. The highest BCUT2D eigenvalue weighted by Gasteiger charge is 2.31. The second-order valence-electron chi connectivity index (χ2n) is 4.01. The van der Waals surface area contributed by atoms with Gasteiger partial charge < -0.3 is 4.74 Å². The highest BCUT2D eigenvalue weighted by atomic mass is 35.5. The first-order valence-corrected chi connectivity index (χ1v) is 6.15. The Morgan fingerprint density at radius 2 is 1.94 bits per heavy atom. The molecule has 1 aromatic rings. The quantitative estimate of drug-likeness (QED) is 0.694. The molecule has 0 radical (unpaired) electrons. The topological polar surface area (TPSA) is 9.23 Å². The number of ether oxygens (including phenoxy) is 1. The van der Waals surface area contributed by atoms with E-state index in [1.165, 1.54) is 0 Å². The summed E-state index contributed by atoms with van der Waals surface area (Å²) in [5, 5.41) is 1.53. The number of benzene rings is 1. The van der Waals surface area contributed by atoms with Gasteiger partial charge >= 0.3 is 0 Å². The Morgan fingerprint density at radius 1 is 1.19 bits per heavy atom. The Kier molecular flexibility index (Phi) is 3.39. The normalized spacial score (nSPS) is 24.9. The summed E-state index contributed by atoms with van der Waals surface area (Å²) in [4.78, 5) is 0. The summed E-state index contributed by atoms with van der Waals surface area (Å²) in [6, 6.07) is 5.53. The van der Waals surface area contributed by atoms with Gasteiger partial charge in [-0.15, -0.1) is 0 Å². The lowest BCUT2D eigenvalue weighted by Crippen LogP contribution is -2.27. The van der Waals surface area contributed by atoms with Crippen LogP contribution < -0.4 is 0 Å². The largest absolute Gasteiger partial charge is 0.472 e. The summed E-state index contributed by atoms with van der Waals surface area (Å²) in [7, 11) is 0. The minimum Gasteiger partial charge on any atom is -0.472 e. The Hall–Kier alpha value is -0.370. The van der Waals surface area contributed by atoms with Crippen LogP contribution in [0.5, 0.6) is 0 Å². The van der Waals surface area contributed by atoms with Gasteiger partial charge in [0.15, 0.2) is 5.22 Å². The average molecular weight is 278 g/mol. The summed E-state index contributed by atoms with van der Waals surface area (Å²) >= 11 is 17.8. The lowest BCUT2D eigenvalue weighted by atomic mass is 9.90. The lowest BCUT2D eigenvalue weighted by molar-refractivity contribution is 0.00945. The maximum atomic E-state index is 6.00. The van der Waals surface area contributed by atoms with E-state index < -0.39 is 5.60 Å². The molecule has 1 atom stereocenters. The molecule has 1 aromatic carbocycles. The van der Waals surface area contributed by atoms with Crippen molar-refractivity contribution in [2.24, 2.45) is 0 Å². The zero-order chi connectivity index (χ0) is 11.8.